The summed E-state index contributed by atoms with van der Waals surface area (Å²) in [4.78, 5) is 5.15. The molecule has 0 radical (unpaired) electrons. The van der Waals surface area contributed by atoms with Gasteiger partial charge < -0.3 is 5.32 Å². The minimum absolute atomic E-state index is 0.443. The van der Waals surface area contributed by atoms with Crippen LogP contribution in [0, 0.1) is 0 Å². The molecule has 0 aliphatic carbocycles. The van der Waals surface area contributed by atoms with Crippen LogP contribution in [0.5, 0.6) is 0 Å². The van der Waals surface area contributed by atoms with Gasteiger partial charge in [-0.1, -0.05) is 24.9 Å². The largest absolute Gasteiger partial charge is 0.331 e. The van der Waals surface area contributed by atoms with Crippen LogP contribution in [0.1, 0.15) is 19.8 Å². The van der Waals surface area contributed by atoms with E-state index < -0.39 is 0 Å². The Balaban J connectivity index is 2.26. The Morgan fingerprint density at radius 3 is 2.69 bits per heavy atom. The third-order valence-electron chi connectivity index (χ3n) is 1.87. The molecule has 0 amide bonds. The molecular formula is C11H15ClN2OS. The van der Waals surface area contributed by atoms with Crippen LogP contribution in [0.25, 0.3) is 0 Å². The zero-order valence-corrected chi connectivity index (χ0v) is 10.7. The molecule has 0 unspecified atom stereocenters. The molecule has 88 valence electrons. The minimum atomic E-state index is 0.443. The number of thiocarbonyl (C=S) groups is 1. The SMILES string of the molecule is CCCCONC(=S)Nc1ccc(Cl)cc1. The van der Waals surface area contributed by atoms with Crippen molar-refractivity contribution in [3.8, 4) is 0 Å². The second-order valence-electron chi connectivity index (χ2n) is 3.27. The van der Waals surface area contributed by atoms with Gasteiger partial charge in [0.25, 0.3) is 0 Å². The van der Waals surface area contributed by atoms with Crippen molar-refractivity contribution in [3.05, 3.63) is 29.3 Å². The zero-order chi connectivity index (χ0) is 11.8. The maximum Gasteiger partial charge on any atom is 0.195 e. The molecule has 1 aromatic rings. The van der Waals surface area contributed by atoms with Gasteiger partial charge in [0.05, 0.1) is 6.61 Å². The molecule has 16 heavy (non-hydrogen) atoms. The maximum atomic E-state index is 5.77. The van der Waals surface area contributed by atoms with Crippen molar-refractivity contribution in [2.24, 2.45) is 0 Å². The molecule has 0 spiro atoms. The van der Waals surface area contributed by atoms with Crippen LogP contribution in [0.4, 0.5) is 5.69 Å². The number of hydroxylamine groups is 1. The van der Waals surface area contributed by atoms with Crippen molar-refractivity contribution >= 4 is 34.6 Å². The monoisotopic (exact) mass is 258 g/mol. The first-order valence-electron chi connectivity index (χ1n) is 5.16. The molecule has 1 aromatic carbocycles. The highest BCUT2D eigenvalue weighted by Crippen LogP contribution is 2.12. The Morgan fingerprint density at radius 1 is 1.38 bits per heavy atom. The lowest BCUT2D eigenvalue weighted by Crippen LogP contribution is -2.28. The summed E-state index contributed by atoms with van der Waals surface area (Å²) >= 11 is 10.8. The maximum absolute atomic E-state index is 5.77. The van der Waals surface area contributed by atoms with Gasteiger partial charge in [-0.3, -0.25) is 4.84 Å². The van der Waals surface area contributed by atoms with Crippen molar-refractivity contribution in [2.45, 2.75) is 19.8 Å². The standard InChI is InChI=1S/C11H15ClN2OS/c1-2-3-8-15-14-11(16)13-10-6-4-9(12)5-7-10/h4-7H,2-3,8H2,1H3,(H2,13,14,16). The number of anilines is 1. The smallest absolute Gasteiger partial charge is 0.195 e. The number of unbranched alkanes of at least 4 members (excludes halogenated alkanes) is 1. The lowest BCUT2D eigenvalue weighted by Gasteiger charge is -2.10. The van der Waals surface area contributed by atoms with Crippen molar-refractivity contribution < 1.29 is 4.84 Å². The Kier molecular flexibility index (Phi) is 6.15. The topological polar surface area (TPSA) is 33.3 Å². The van der Waals surface area contributed by atoms with Crippen LogP contribution in [-0.2, 0) is 4.84 Å². The van der Waals surface area contributed by atoms with Gasteiger partial charge in [0.15, 0.2) is 5.11 Å². The lowest BCUT2D eigenvalue weighted by molar-refractivity contribution is 0.0842. The van der Waals surface area contributed by atoms with E-state index in [9.17, 15) is 0 Å². The summed E-state index contributed by atoms with van der Waals surface area (Å²) < 4.78 is 0. The fourth-order valence-corrected chi connectivity index (χ4v) is 1.33. The van der Waals surface area contributed by atoms with E-state index in [-0.39, 0.29) is 0 Å². The minimum Gasteiger partial charge on any atom is -0.331 e. The molecule has 1 rings (SSSR count). The number of rotatable bonds is 5. The predicted molar refractivity (Wildman–Crippen MR) is 71.7 cm³/mol. The van der Waals surface area contributed by atoms with E-state index in [1.807, 2.05) is 12.1 Å². The molecule has 0 heterocycles. The Bertz CT molecular complexity index is 329. The van der Waals surface area contributed by atoms with Gasteiger partial charge in [-0.25, -0.2) is 5.48 Å². The molecule has 2 N–H and O–H groups in total. The van der Waals surface area contributed by atoms with Gasteiger partial charge in [0, 0.05) is 10.7 Å². The Labute approximate surface area is 106 Å². The number of nitrogens with one attached hydrogen (secondary N) is 2. The summed E-state index contributed by atoms with van der Waals surface area (Å²) in [6.07, 6.45) is 2.11. The second kappa shape index (κ2) is 7.44. The van der Waals surface area contributed by atoms with Crippen LogP contribution < -0.4 is 10.8 Å². The molecular weight excluding hydrogens is 244 g/mol. The van der Waals surface area contributed by atoms with Gasteiger partial charge in [0.1, 0.15) is 0 Å². The molecule has 0 atom stereocenters. The summed E-state index contributed by atoms with van der Waals surface area (Å²) in [6, 6.07) is 7.29. The third-order valence-corrected chi connectivity index (χ3v) is 2.30. The predicted octanol–water partition coefficient (Wildman–Crippen LogP) is 3.36. The second-order valence-corrected chi connectivity index (χ2v) is 4.11. The average molecular weight is 259 g/mol. The summed E-state index contributed by atoms with van der Waals surface area (Å²) in [5, 5.41) is 4.12. The molecule has 0 fully saturated rings. The number of hydrogen-bond acceptors (Lipinski definition) is 2. The molecule has 5 heteroatoms. The third kappa shape index (κ3) is 5.30. The molecule has 0 saturated heterocycles. The van der Waals surface area contributed by atoms with Crippen LogP contribution >= 0.6 is 23.8 Å². The fraction of sp³-hybridized carbons (Fsp3) is 0.364. The summed E-state index contributed by atoms with van der Waals surface area (Å²) in [5.74, 6) is 0. The first-order valence-corrected chi connectivity index (χ1v) is 5.95. The van der Waals surface area contributed by atoms with Gasteiger partial charge in [-0.15, -0.1) is 0 Å². The first-order chi connectivity index (χ1) is 7.72. The number of hydrogen-bond donors (Lipinski definition) is 2. The number of benzene rings is 1. The van der Waals surface area contributed by atoms with E-state index in [4.69, 9.17) is 28.7 Å². The van der Waals surface area contributed by atoms with E-state index in [0.29, 0.717) is 16.7 Å². The van der Waals surface area contributed by atoms with Gasteiger partial charge in [-0.05, 0) is 42.9 Å². The first kappa shape index (κ1) is 13.2. The van der Waals surface area contributed by atoms with E-state index in [2.05, 4.69) is 17.7 Å². The fourth-order valence-electron chi connectivity index (χ4n) is 1.02. The van der Waals surface area contributed by atoms with Gasteiger partial charge in [0.2, 0.25) is 0 Å². The quantitative estimate of drug-likeness (QED) is 0.482. The van der Waals surface area contributed by atoms with Crippen LogP contribution in [0.2, 0.25) is 5.02 Å². The van der Waals surface area contributed by atoms with Crippen LogP contribution in [0.15, 0.2) is 24.3 Å². The highest BCUT2D eigenvalue weighted by atomic mass is 35.5. The molecule has 0 aromatic heterocycles. The molecule has 0 aliphatic rings. The van der Waals surface area contributed by atoms with Crippen molar-refractivity contribution in [3.63, 3.8) is 0 Å². The Hall–Kier alpha value is -0.840. The molecule has 0 bridgehead atoms. The van der Waals surface area contributed by atoms with Crippen molar-refractivity contribution in [2.75, 3.05) is 11.9 Å². The average Bonchev–Trinajstić information content (AvgIpc) is 2.28. The van der Waals surface area contributed by atoms with Gasteiger partial charge in [-0.2, -0.15) is 0 Å². The number of halogens is 1. The highest BCUT2D eigenvalue weighted by Gasteiger charge is 1.97. The summed E-state index contributed by atoms with van der Waals surface area (Å²) in [5.41, 5.74) is 3.54. The van der Waals surface area contributed by atoms with Crippen LogP contribution in [-0.4, -0.2) is 11.7 Å². The molecule has 3 nitrogen and oxygen atoms in total. The zero-order valence-electron chi connectivity index (χ0n) is 9.13. The molecule has 0 saturated carbocycles. The lowest BCUT2D eigenvalue weighted by atomic mass is 10.3. The summed E-state index contributed by atoms with van der Waals surface area (Å²) in [6.45, 7) is 2.76. The van der Waals surface area contributed by atoms with E-state index in [1.54, 1.807) is 12.1 Å². The summed E-state index contributed by atoms with van der Waals surface area (Å²) in [7, 11) is 0. The molecule has 0 aliphatic heterocycles. The Morgan fingerprint density at radius 2 is 2.06 bits per heavy atom. The van der Waals surface area contributed by atoms with Crippen LogP contribution in [0.3, 0.4) is 0 Å². The van der Waals surface area contributed by atoms with Crippen molar-refractivity contribution in [1.82, 2.24) is 5.48 Å². The van der Waals surface area contributed by atoms with E-state index in [0.717, 1.165) is 18.5 Å². The van der Waals surface area contributed by atoms with E-state index >= 15 is 0 Å². The van der Waals surface area contributed by atoms with Crippen molar-refractivity contribution in [1.29, 1.82) is 0 Å². The van der Waals surface area contributed by atoms with E-state index in [1.165, 1.54) is 0 Å². The highest BCUT2D eigenvalue weighted by molar-refractivity contribution is 7.80. The normalized spacial score (nSPS) is 9.88. The van der Waals surface area contributed by atoms with Gasteiger partial charge >= 0.3 is 0 Å².